The van der Waals surface area contributed by atoms with E-state index in [0.29, 0.717) is 25.6 Å². The van der Waals surface area contributed by atoms with Crippen LogP contribution in [0, 0.1) is 0 Å². The molecule has 0 bridgehead atoms. The van der Waals surface area contributed by atoms with Gasteiger partial charge < -0.3 is 4.90 Å². The Morgan fingerprint density at radius 2 is 1.69 bits per heavy atom. The number of guanidine groups is 1. The first-order valence-electron chi connectivity index (χ1n) is 11.0. The van der Waals surface area contributed by atoms with Crippen LogP contribution in [0.5, 0.6) is 0 Å². The van der Waals surface area contributed by atoms with Gasteiger partial charge in [0.1, 0.15) is 0 Å². The summed E-state index contributed by atoms with van der Waals surface area (Å²) in [5, 5.41) is 0. The number of fused-ring (bicyclic) bond motifs is 2. The second kappa shape index (κ2) is 8.13. The van der Waals surface area contributed by atoms with Gasteiger partial charge in [-0.2, -0.15) is 0 Å². The highest BCUT2D eigenvalue weighted by atomic mass is 19.3. The number of hydrogen-bond acceptors (Lipinski definition) is 4. The summed E-state index contributed by atoms with van der Waals surface area (Å²) in [7, 11) is 0. The highest BCUT2D eigenvalue weighted by Gasteiger charge is 2.42. The van der Waals surface area contributed by atoms with Crippen molar-refractivity contribution in [2.75, 3.05) is 26.2 Å². The number of hydrogen-bond donors (Lipinski definition) is 0. The van der Waals surface area contributed by atoms with Crippen LogP contribution in [-0.4, -0.2) is 52.7 Å². The van der Waals surface area contributed by atoms with Gasteiger partial charge in [0.25, 0.3) is 11.8 Å². The molecule has 0 saturated heterocycles. The average molecular weight is 437 g/mol. The van der Waals surface area contributed by atoms with Crippen molar-refractivity contribution in [2.24, 2.45) is 4.99 Å². The summed E-state index contributed by atoms with van der Waals surface area (Å²) < 4.78 is 27.1. The van der Waals surface area contributed by atoms with E-state index in [4.69, 9.17) is 0 Å². The van der Waals surface area contributed by atoms with Gasteiger partial charge in [-0.05, 0) is 17.5 Å². The van der Waals surface area contributed by atoms with Crippen molar-refractivity contribution in [2.45, 2.75) is 32.4 Å². The largest absolute Gasteiger partial charge is 0.314 e. The molecule has 3 aliphatic heterocycles. The second-order valence-electron chi connectivity index (χ2n) is 8.72. The number of amides is 1. The monoisotopic (exact) mass is 436 g/mol. The molecule has 2 aromatic carbocycles. The van der Waals surface area contributed by atoms with Crippen molar-refractivity contribution in [3.05, 3.63) is 82.6 Å². The Balaban J connectivity index is 1.38. The Bertz CT molecular complexity index is 1070. The maximum atomic E-state index is 13.6. The Kier molecular flexibility index (Phi) is 5.29. The number of carbonyl (C=O) groups excluding carboxylic acids is 1. The summed E-state index contributed by atoms with van der Waals surface area (Å²) in [6.45, 7) is 4.84. The lowest BCUT2D eigenvalue weighted by Gasteiger charge is -2.40. The molecule has 0 aromatic heterocycles. The highest BCUT2D eigenvalue weighted by molar-refractivity contribution is 6.09. The van der Waals surface area contributed by atoms with Crippen LogP contribution in [0.15, 0.2) is 70.9 Å². The summed E-state index contributed by atoms with van der Waals surface area (Å²) in [6.07, 6.45) is 0.946. The van der Waals surface area contributed by atoms with E-state index < -0.39 is 5.92 Å². The minimum absolute atomic E-state index is 0.0276. The normalized spacial score (nSPS) is 19.2. The lowest BCUT2D eigenvalue weighted by Crippen LogP contribution is -2.53. The Labute approximate surface area is 186 Å². The van der Waals surface area contributed by atoms with E-state index in [0.717, 1.165) is 49.8 Å². The molecule has 5 nitrogen and oxygen atoms in total. The molecular weight excluding hydrogens is 410 g/mol. The molecule has 0 spiro atoms. The number of benzene rings is 2. The lowest BCUT2D eigenvalue weighted by atomic mass is 10.1. The minimum Gasteiger partial charge on any atom is -0.314 e. The molecule has 32 heavy (non-hydrogen) atoms. The molecule has 0 atom stereocenters. The Hall–Kier alpha value is -3.06. The van der Waals surface area contributed by atoms with Crippen LogP contribution in [0.1, 0.15) is 30.0 Å². The van der Waals surface area contributed by atoms with Crippen LogP contribution >= 0.6 is 0 Å². The third-order valence-corrected chi connectivity index (χ3v) is 6.26. The first-order chi connectivity index (χ1) is 15.4. The molecular formula is C25H26F2N4O. The van der Waals surface area contributed by atoms with Gasteiger partial charge in [-0.25, -0.2) is 8.78 Å². The number of carbonyl (C=O) groups is 1. The quantitative estimate of drug-likeness (QED) is 0.712. The van der Waals surface area contributed by atoms with E-state index in [2.05, 4.69) is 26.9 Å². The van der Waals surface area contributed by atoms with Gasteiger partial charge in [0.05, 0.1) is 12.1 Å². The van der Waals surface area contributed by atoms with Gasteiger partial charge in [-0.3, -0.25) is 19.6 Å². The van der Waals surface area contributed by atoms with Crippen LogP contribution < -0.4 is 0 Å². The molecule has 5 rings (SSSR count). The van der Waals surface area contributed by atoms with Gasteiger partial charge in [0.2, 0.25) is 5.96 Å². The predicted octanol–water partition coefficient (Wildman–Crippen LogP) is 3.97. The third-order valence-electron chi connectivity index (χ3n) is 6.26. The van der Waals surface area contributed by atoms with Gasteiger partial charge in [-0.15, -0.1) is 0 Å². The number of halogens is 2. The molecule has 3 heterocycles. The van der Waals surface area contributed by atoms with Crippen molar-refractivity contribution in [3.63, 3.8) is 0 Å². The van der Waals surface area contributed by atoms with Crippen LogP contribution in [0.25, 0.3) is 0 Å². The zero-order chi connectivity index (χ0) is 22.3. The maximum absolute atomic E-state index is 13.6. The van der Waals surface area contributed by atoms with Crippen molar-refractivity contribution < 1.29 is 13.6 Å². The fourth-order valence-electron chi connectivity index (χ4n) is 4.63. The molecule has 0 N–H and O–H groups in total. The predicted molar refractivity (Wildman–Crippen MR) is 119 cm³/mol. The first kappa shape index (κ1) is 20.8. The fourth-order valence-corrected chi connectivity index (χ4v) is 4.63. The van der Waals surface area contributed by atoms with Gasteiger partial charge >= 0.3 is 0 Å². The molecule has 166 valence electrons. The van der Waals surface area contributed by atoms with Gasteiger partial charge in [0.15, 0.2) is 0 Å². The van der Waals surface area contributed by atoms with E-state index in [-0.39, 0.29) is 11.5 Å². The zero-order valence-electron chi connectivity index (χ0n) is 18.1. The number of aliphatic imine (C=N–C) groups is 1. The zero-order valence-corrected chi connectivity index (χ0v) is 18.1. The van der Waals surface area contributed by atoms with Crippen LogP contribution in [0.2, 0.25) is 0 Å². The van der Waals surface area contributed by atoms with E-state index in [1.54, 1.807) is 17.0 Å². The van der Waals surface area contributed by atoms with Gasteiger partial charge in [-0.1, -0.05) is 54.6 Å². The minimum atomic E-state index is -2.88. The topological polar surface area (TPSA) is 39.2 Å². The van der Waals surface area contributed by atoms with E-state index in [1.807, 2.05) is 18.2 Å². The van der Waals surface area contributed by atoms with Crippen LogP contribution in [-0.2, 0) is 23.8 Å². The lowest BCUT2D eigenvalue weighted by molar-refractivity contribution is -0.125. The molecule has 0 aliphatic carbocycles. The SMILES string of the molecule is CC(F)(F)c1ccc(CN2C(=O)C3=C(CN(Cc4ccccc4)C3)N3CCCN=C23)cc1. The van der Waals surface area contributed by atoms with E-state index in [9.17, 15) is 13.6 Å². The van der Waals surface area contributed by atoms with Crippen LogP contribution in [0.3, 0.4) is 0 Å². The second-order valence-corrected chi connectivity index (χ2v) is 8.72. The third kappa shape index (κ3) is 3.93. The van der Waals surface area contributed by atoms with E-state index >= 15 is 0 Å². The molecule has 0 radical (unpaired) electrons. The average Bonchev–Trinajstić information content (AvgIpc) is 3.21. The number of alkyl halides is 2. The molecule has 7 heteroatoms. The number of nitrogens with zero attached hydrogens (tertiary/aromatic N) is 4. The summed E-state index contributed by atoms with van der Waals surface area (Å²) in [5.74, 6) is -2.22. The van der Waals surface area contributed by atoms with Crippen molar-refractivity contribution in [1.29, 1.82) is 0 Å². The first-order valence-corrected chi connectivity index (χ1v) is 11.0. The highest BCUT2D eigenvalue weighted by Crippen LogP contribution is 2.32. The van der Waals surface area contributed by atoms with Crippen molar-refractivity contribution in [1.82, 2.24) is 14.7 Å². The molecule has 2 aromatic rings. The Morgan fingerprint density at radius 3 is 2.41 bits per heavy atom. The molecule has 1 amide bonds. The summed E-state index contributed by atoms with van der Waals surface area (Å²) in [5.41, 5.74) is 3.88. The molecule has 0 fully saturated rings. The smallest absolute Gasteiger partial charge is 0.270 e. The molecule has 0 unspecified atom stereocenters. The van der Waals surface area contributed by atoms with E-state index in [1.165, 1.54) is 17.7 Å². The van der Waals surface area contributed by atoms with Crippen LogP contribution in [0.4, 0.5) is 8.78 Å². The number of rotatable bonds is 5. The standard InChI is InChI=1S/C25H26F2N4O/c1-25(26,27)20-10-8-19(9-11-20)15-31-23(32)21-16-29(14-18-6-3-2-4-7-18)17-22(21)30-13-5-12-28-24(30)31/h2-4,6-11H,5,12-17H2,1H3. The van der Waals surface area contributed by atoms with Gasteiger partial charge in [0, 0.05) is 50.9 Å². The Morgan fingerprint density at radius 1 is 0.969 bits per heavy atom. The summed E-state index contributed by atoms with van der Waals surface area (Å²) in [6, 6.07) is 16.5. The fraction of sp³-hybridized carbons (Fsp3) is 0.360. The molecule has 3 aliphatic rings. The van der Waals surface area contributed by atoms with Crippen molar-refractivity contribution >= 4 is 11.9 Å². The van der Waals surface area contributed by atoms with Crippen molar-refractivity contribution in [3.8, 4) is 0 Å². The molecule has 0 saturated carbocycles. The summed E-state index contributed by atoms with van der Waals surface area (Å²) >= 11 is 0. The summed E-state index contributed by atoms with van der Waals surface area (Å²) in [4.78, 5) is 24.4. The maximum Gasteiger partial charge on any atom is 0.270 e.